The summed E-state index contributed by atoms with van der Waals surface area (Å²) in [5, 5.41) is 0. The Labute approximate surface area is 45.4 Å². The van der Waals surface area contributed by atoms with Crippen LogP contribution in [-0.2, 0) is 15.4 Å². The summed E-state index contributed by atoms with van der Waals surface area (Å²) < 4.78 is 4.42. The highest BCUT2D eigenvalue weighted by atomic mass is 32.2. The van der Waals surface area contributed by atoms with Gasteiger partial charge in [0.25, 0.3) is 0 Å². The van der Waals surface area contributed by atoms with Crippen molar-refractivity contribution in [3.05, 3.63) is 0 Å². The van der Waals surface area contributed by atoms with E-state index in [9.17, 15) is 4.79 Å². The van der Waals surface area contributed by atoms with Crippen LogP contribution in [0.1, 0.15) is 0 Å². The van der Waals surface area contributed by atoms with Crippen molar-refractivity contribution < 1.29 is 8.98 Å². The first-order valence-electron chi connectivity index (χ1n) is 1.68. The second-order valence-corrected chi connectivity index (χ2v) is 2.79. The highest BCUT2D eigenvalue weighted by Crippen LogP contribution is 1.83. The fourth-order valence-corrected chi connectivity index (χ4v) is 0.493. The minimum atomic E-state index is -0.701. The van der Waals surface area contributed by atoms with Crippen molar-refractivity contribution >= 4 is 17.3 Å². The van der Waals surface area contributed by atoms with Gasteiger partial charge in [0.1, 0.15) is 12.5 Å². The molecule has 42 valence electrons. The maximum absolute atomic E-state index is 9.82. The first-order chi connectivity index (χ1) is 3.13. The van der Waals surface area contributed by atoms with Crippen LogP contribution in [0.4, 0.5) is 4.79 Å². The molecular weight excluding hydrogens is 114 g/mol. The van der Waals surface area contributed by atoms with E-state index < -0.39 is 6.09 Å². The van der Waals surface area contributed by atoms with Crippen molar-refractivity contribution in [3.63, 3.8) is 0 Å². The van der Waals surface area contributed by atoms with Crippen LogP contribution in [0.3, 0.4) is 0 Å². The molecule has 2 N–H and O–H groups in total. The van der Waals surface area contributed by atoms with Crippen molar-refractivity contribution in [1.82, 2.24) is 0 Å². The summed E-state index contributed by atoms with van der Waals surface area (Å²) in [6.07, 6.45) is 2.84. The van der Waals surface area contributed by atoms with Crippen LogP contribution < -0.4 is 5.73 Å². The number of amides is 1. The van der Waals surface area contributed by atoms with Crippen molar-refractivity contribution in [1.29, 1.82) is 0 Å². The quantitative estimate of drug-likeness (QED) is 0.493. The molecule has 0 unspecified atom stereocenters. The van der Waals surface area contributed by atoms with Gasteiger partial charge in [0.15, 0.2) is 11.2 Å². The molecule has 0 aliphatic rings. The molecule has 0 saturated carbocycles. The molecule has 3 nitrogen and oxygen atoms in total. The van der Waals surface area contributed by atoms with E-state index in [0.717, 1.165) is 0 Å². The number of hydrogen-bond acceptors (Lipinski definition) is 2. The number of carbonyl (C=O) groups is 1. The first kappa shape index (κ1) is 6.62. The van der Waals surface area contributed by atoms with Crippen LogP contribution in [0.15, 0.2) is 0 Å². The van der Waals surface area contributed by atoms with Gasteiger partial charge in [0.2, 0.25) is 0 Å². The van der Waals surface area contributed by atoms with E-state index in [1.807, 2.05) is 0 Å². The third-order valence-electron chi connectivity index (χ3n) is 0.249. The zero-order valence-corrected chi connectivity index (χ0v) is 5.12. The maximum Gasteiger partial charge on any atom is 0.456 e. The van der Waals surface area contributed by atoms with Gasteiger partial charge in [-0.15, -0.1) is 0 Å². The Hall–Kier alpha value is -0.380. The Bertz CT molecular complexity index is 73.3. The molecule has 0 aliphatic carbocycles. The van der Waals surface area contributed by atoms with Gasteiger partial charge in [0.05, 0.1) is 0 Å². The van der Waals surface area contributed by atoms with E-state index in [4.69, 9.17) is 0 Å². The SMILES string of the molecule is C[S+](C)OC(N)=O. The molecule has 0 aliphatic heterocycles. The van der Waals surface area contributed by atoms with Gasteiger partial charge in [-0.05, 0) is 0 Å². The van der Waals surface area contributed by atoms with Crippen LogP contribution in [-0.4, -0.2) is 18.6 Å². The topological polar surface area (TPSA) is 52.3 Å². The molecule has 0 radical (unpaired) electrons. The highest BCUT2D eigenvalue weighted by molar-refractivity contribution is 7.91. The lowest BCUT2D eigenvalue weighted by Crippen LogP contribution is -2.16. The minimum Gasteiger partial charge on any atom is -0.331 e. The van der Waals surface area contributed by atoms with E-state index in [2.05, 4.69) is 9.92 Å². The third kappa shape index (κ3) is 5.62. The van der Waals surface area contributed by atoms with Gasteiger partial charge in [-0.1, -0.05) is 0 Å². The molecule has 7 heavy (non-hydrogen) atoms. The van der Waals surface area contributed by atoms with E-state index in [1.54, 1.807) is 12.5 Å². The van der Waals surface area contributed by atoms with Gasteiger partial charge in [0, 0.05) is 0 Å². The van der Waals surface area contributed by atoms with E-state index in [-0.39, 0.29) is 11.2 Å². The molecule has 0 aromatic rings. The molecule has 0 rings (SSSR count). The molecule has 0 saturated heterocycles. The van der Waals surface area contributed by atoms with E-state index in [1.165, 1.54) is 0 Å². The van der Waals surface area contributed by atoms with Gasteiger partial charge >= 0.3 is 6.09 Å². The smallest absolute Gasteiger partial charge is 0.331 e. The van der Waals surface area contributed by atoms with Gasteiger partial charge in [-0.25, -0.2) is 8.98 Å². The average Bonchev–Trinajstić information content (AvgIpc) is 1.27. The molecule has 0 atom stereocenters. The van der Waals surface area contributed by atoms with E-state index >= 15 is 0 Å². The summed E-state index contributed by atoms with van der Waals surface area (Å²) in [6, 6.07) is 0. The lowest BCUT2D eigenvalue weighted by Gasteiger charge is -1.87. The molecule has 1 amide bonds. The second kappa shape index (κ2) is 2.74. The van der Waals surface area contributed by atoms with Gasteiger partial charge < -0.3 is 5.73 Å². The number of rotatable bonds is 1. The Morgan fingerprint density at radius 2 is 2.14 bits per heavy atom. The zero-order valence-electron chi connectivity index (χ0n) is 4.30. The zero-order chi connectivity index (χ0) is 5.86. The fraction of sp³-hybridized carbons (Fsp3) is 0.667. The van der Waals surface area contributed by atoms with Crippen LogP contribution in [0.5, 0.6) is 0 Å². The second-order valence-electron chi connectivity index (χ2n) is 1.14. The summed E-state index contributed by atoms with van der Waals surface area (Å²) in [5.74, 6) is 0. The summed E-state index contributed by atoms with van der Waals surface area (Å²) in [7, 11) is 0. The highest BCUT2D eigenvalue weighted by Gasteiger charge is 2.06. The first-order valence-corrected chi connectivity index (χ1v) is 3.65. The van der Waals surface area contributed by atoms with Crippen molar-refractivity contribution in [2.75, 3.05) is 12.5 Å². The molecule has 0 aromatic carbocycles. The Balaban J connectivity index is 3.13. The minimum absolute atomic E-state index is 0.320. The van der Waals surface area contributed by atoms with Crippen LogP contribution >= 0.6 is 0 Å². The Morgan fingerprint density at radius 1 is 1.71 bits per heavy atom. The lowest BCUT2D eigenvalue weighted by molar-refractivity contribution is 0.217. The summed E-state index contributed by atoms with van der Waals surface area (Å²) in [5.41, 5.74) is 4.64. The van der Waals surface area contributed by atoms with Gasteiger partial charge in [-0.3, -0.25) is 0 Å². The van der Waals surface area contributed by atoms with E-state index in [0.29, 0.717) is 0 Å². The Kier molecular flexibility index (Phi) is 2.59. The number of hydrogen-bond donors (Lipinski definition) is 1. The largest absolute Gasteiger partial charge is 0.456 e. The third-order valence-corrected chi connectivity index (χ3v) is 0.746. The average molecular weight is 122 g/mol. The molecule has 0 spiro atoms. The molecule has 0 bridgehead atoms. The Morgan fingerprint density at radius 3 is 2.14 bits per heavy atom. The number of primary amides is 1. The molecular formula is C3H8NO2S+. The van der Waals surface area contributed by atoms with Crippen LogP contribution in [0.25, 0.3) is 0 Å². The molecule has 0 aromatic heterocycles. The molecule has 0 fully saturated rings. The predicted octanol–water partition coefficient (Wildman–Crippen LogP) is -0.125. The predicted molar refractivity (Wildman–Crippen MR) is 29.9 cm³/mol. The summed E-state index contributed by atoms with van der Waals surface area (Å²) in [4.78, 5) is 9.82. The summed E-state index contributed by atoms with van der Waals surface area (Å²) >= 11 is -0.320. The summed E-state index contributed by atoms with van der Waals surface area (Å²) in [6.45, 7) is 0. The van der Waals surface area contributed by atoms with Crippen LogP contribution in [0.2, 0.25) is 0 Å². The normalized spacial score (nSPS) is 9.00. The van der Waals surface area contributed by atoms with Crippen LogP contribution in [0, 0.1) is 0 Å². The van der Waals surface area contributed by atoms with Crippen molar-refractivity contribution in [2.45, 2.75) is 0 Å². The van der Waals surface area contributed by atoms with Gasteiger partial charge in [-0.2, -0.15) is 0 Å². The molecule has 0 heterocycles. The number of carbonyl (C=O) groups excluding carboxylic acids is 1. The van der Waals surface area contributed by atoms with Crippen molar-refractivity contribution in [2.24, 2.45) is 5.73 Å². The maximum atomic E-state index is 9.82. The molecule has 4 heteroatoms. The van der Waals surface area contributed by atoms with Crippen molar-refractivity contribution in [3.8, 4) is 0 Å². The number of nitrogens with two attached hydrogens (primary N) is 1. The fourth-order valence-electron chi connectivity index (χ4n) is 0.164. The lowest BCUT2D eigenvalue weighted by atomic mass is 11.3. The monoisotopic (exact) mass is 122 g/mol. The standard InChI is InChI=1S/C3H7NO2S/c1-7(2)6-3(4)5/h1-2H3,(H-,4,5)/p+1.